The molecule has 1 N–H and O–H groups in total. The molecule has 0 spiro atoms. The van der Waals surface area contributed by atoms with E-state index >= 15 is 0 Å². The molecule has 72 valence electrons. The van der Waals surface area contributed by atoms with E-state index in [0.29, 0.717) is 0 Å². The lowest BCUT2D eigenvalue weighted by Crippen LogP contribution is -2.16. The predicted octanol–water partition coefficient (Wildman–Crippen LogP) is 0.926. The lowest BCUT2D eigenvalue weighted by molar-refractivity contribution is 0.158. The average Bonchev–Trinajstić information content (AvgIpc) is 2.71. The molecule has 1 fully saturated rings. The van der Waals surface area contributed by atoms with Crippen LogP contribution >= 0.6 is 0 Å². The fourth-order valence-corrected chi connectivity index (χ4v) is 2.05. The minimum Gasteiger partial charge on any atom is -0.392 e. The summed E-state index contributed by atoms with van der Waals surface area (Å²) in [5, 5.41) is 13.8. The Kier molecular flexibility index (Phi) is 2.31. The maximum atomic E-state index is 9.70. The molecule has 1 heterocycles. The number of rotatable bonds is 2. The Hall–Kier alpha value is -0.900. The van der Waals surface area contributed by atoms with Crippen molar-refractivity contribution in [1.29, 1.82) is 0 Å². The molecule has 0 aliphatic heterocycles. The van der Waals surface area contributed by atoms with Crippen molar-refractivity contribution in [1.82, 2.24) is 14.8 Å². The number of aromatic nitrogens is 3. The zero-order valence-corrected chi connectivity index (χ0v) is 7.85. The number of hydrogen-bond donors (Lipinski definition) is 1. The average molecular weight is 181 g/mol. The van der Waals surface area contributed by atoms with E-state index in [2.05, 4.69) is 10.1 Å². The monoisotopic (exact) mass is 181 g/mol. The van der Waals surface area contributed by atoms with E-state index in [1.54, 1.807) is 6.33 Å². The van der Waals surface area contributed by atoms with Gasteiger partial charge in [0.1, 0.15) is 12.2 Å². The van der Waals surface area contributed by atoms with Crippen LogP contribution in [0.4, 0.5) is 0 Å². The van der Waals surface area contributed by atoms with Gasteiger partial charge in [0.15, 0.2) is 0 Å². The Labute approximate surface area is 77.6 Å². The van der Waals surface area contributed by atoms with Gasteiger partial charge >= 0.3 is 0 Å². The quantitative estimate of drug-likeness (QED) is 0.738. The molecule has 1 aromatic rings. The largest absolute Gasteiger partial charge is 0.392 e. The molecule has 13 heavy (non-hydrogen) atoms. The van der Waals surface area contributed by atoms with Gasteiger partial charge in [0.25, 0.3) is 0 Å². The second-order valence-corrected chi connectivity index (χ2v) is 3.54. The third-order valence-electron chi connectivity index (χ3n) is 2.76. The van der Waals surface area contributed by atoms with E-state index in [9.17, 15) is 5.11 Å². The molecule has 0 amide bonds. The van der Waals surface area contributed by atoms with Crippen LogP contribution in [0, 0.1) is 0 Å². The van der Waals surface area contributed by atoms with Crippen LogP contribution in [0.2, 0.25) is 0 Å². The van der Waals surface area contributed by atoms with Crippen molar-refractivity contribution in [2.45, 2.75) is 44.8 Å². The van der Waals surface area contributed by atoms with Gasteiger partial charge in [0, 0.05) is 12.5 Å². The first-order valence-electron chi connectivity index (χ1n) is 4.88. The number of aryl methyl sites for hydroxylation is 1. The summed E-state index contributed by atoms with van der Waals surface area (Å²) < 4.78 is 1.87. The van der Waals surface area contributed by atoms with Crippen LogP contribution in [0.3, 0.4) is 0 Å². The van der Waals surface area contributed by atoms with E-state index in [4.69, 9.17) is 0 Å². The van der Waals surface area contributed by atoms with E-state index in [-0.39, 0.29) is 12.0 Å². The molecule has 2 atom stereocenters. The maximum absolute atomic E-state index is 9.70. The van der Waals surface area contributed by atoms with E-state index in [1.165, 1.54) is 0 Å². The Morgan fingerprint density at radius 2 is 2.46 bits per heavy atom. The molecule has 0 aromatic carbocycles. The van der Waals surface area contributed by atoms with Gasteiger partial charge in [0.2, 0.25) is 0 Å². The van der Waals surface area contributed by atoms with Crippen molar-refractivity contribution >= 4 is 0 Å². The lowest BCUT2D eigenvalue weighted by Gasteiger charge is -2.13. The first-order chi connectivity index (χ1) is 6.33. The summed E-state index contributed by atoms with van der Waals surface area (Å²) in [5.74, 6) is 1.16. The number of aliphatic hydroxyl groups excluding tert-OH is 1. The normalized spacial score (nSPS) is 28.2. The third-order valence-corrected chi connectivity index (χ3v) is 2.76. The van der Waals surface area contributed by atoms with Crippen LogP contribution in [-0.2, 0) is 6.54 Å². The van der Waals surface area contributed by atoms with Crippen LogP contribution in [-0.4, -0.2) is 26.0 Å². The van der Waals surface area contributed by atoms with Gasteiger partial charge in [-0.25, -0.2) is 9.67 Å². The third kappa shape index (κ3) is 1.46. The standard InChI is InChI=1S/C9H15N3O/c1-2-12-9(10-6-11-12)7-4-3-5-8(7)13/h6-8,13H,2-5H2,1H3. The van der Waals surface area contributed by atoms with Crippen molar-refractivity contribution in [2.24, 2.45) is 0 Å². The summed E-state index contributed by atoms with van der Waals surface area (Å²) in [5.41, 5.74) is 0. The highest BCUT2D eigenvalue weighted by molar-refractivity contribution is 5.02. The van der Waals surface area contributed by atoms with Crippen LogP contribution in [0.25, 0.3) is 0 Å². The Balaban J connectivity index is 2.23. The highest BCUT2D eigenvalue weighted by atomic mass is 16.3. The molecule has 4 nitrogen and oxygen atoms in total. The van der Waals surface area contributed by atoms with E-state index < -0.39 is 0 Å². The summed E-state index contributed by atoms with van der Waals surface area (Å²) in [6.45, 7) is 2.87. The predicted molar refractivity (Wildman–Crippen MR) is 48.3 cm³/mol. The van der Waals surface area contributed by atoms with Crippen molar-refractivity contribution < 1.29 is 5.11 Å². The van der Waals surface area contributed by atoms with Crippen LogP contribution < -0.4 is 0 Å². The topological polar surface area (TPSA) is 50.9 Å². The Morgan fingerprint density at radius 1 is 1.62 bits per heavy atom. The highest BCUT2D eigenvalue weighted by Gasteiger charge is 2.30. The molecular formula is C9H15N3O. The van der Waals surface area contributed by atoms with Gasteiger partial charge in [-0.3, -0.25) is 0 Å². The minimum atomic E-state index is -0.213. The molecular weight excluding hydrogens is 166 g/mol. The minimum absolute atomic E-state index is 0.211. The van der Waals surface area contributed by atoms with Crippen molar-refractivity contribution in [3.8, 4) is 0 Å². The Bertz CT molecular complexity index is 284. The Morgan fingerprint density at radius 3 is 3.08 bits per heavy atom. The maximum Gasteiger partial charge on any atom is 0.138 e. The van der Waals surface area contributed by atoms with Crippen LogP contribution in [0.5, 0.6) is 0 Å². The molecule has 0 radical (unpaired) electrons. The van der Waals surface area contributed by atoms with Crippen molar-refractivity contribution in [3.63, 3.8) is 0 Å². The SMILES string of the molecule is CCn1ncnc1C1CCCC1O. The van der Waals surface area contributed by atoms with Gasteiger partial charge in [-0.2, -0.15) is 5.10 Å². The van der Waals surface area contributed by atoms with Gasteiger partial charge in [-0.05, 0) is 19.8 Å². The number of hydrogen-bond acceptors (Lipinski definition) is 3. The fraction of sp³-hybridized carbons (Fsp3) is 0.778. The molecule has 0 saturated heterocycles. The first-order valence-corrected chi connectivity index (χ1v) is 4.88. The van der Waals surface area contributed by atoms with Gasteiger partial charge in [-0.1, -0.05) is 6.42 Å². The van der Waals surface area contributed by atoms with Crippen LogP contribution in [0.15, 0.2) is 6.33 Å². The zero-order chi connectivity index (χ0) is 9.26. The summed E-state index contributed by atoms with van der Waals surface area (Å²) in [4.78, 5) is 4.21. The van der Waals surface area contributed by atoms with Crippen LogP contribution in [0.1, 0.15) is 37.9 Å². The molecule has 4 heteroatoms. The molecule has 1 aromatic heterocycles. The smallest absolute Gasteiger partial charge is 0.138 e. The second kappa shape index (κ2) is 3.46. The molecule has 1 saturated carbocycles. The van der Waals surface area contributed by atoms with Crippen molar-refractivity contribution in [3.05, 3.63) is 12.2 Å². The highest BCUT2D eigenvalue weighted by Crippen LogP contribution is 2.33. The summed E-state index contributed by atoms with van der Waals surface area (Å²) >= 11 is 0. The number of aliphatic hydroxyl groups is 1. The summed E-state index contributed by atoms with van der Waals surface area (Å²) in [6, 6.07) is 0. The molecule has 0 bridgehead atoms. The summed E-state index contributed by atoms with van der Waals surface area (Å²) in [6.07, 6.45) is 4.41. The fourth-order valence-electron chi connectivity index (χ4n) is 2.05. The second-order valence-electron chi connectivity index (χ2n) is 3.54. The van der Waals surface area contributed by atoms with Gasteiger partial charge < -0.3 is 5.11 Å². The lowest BCUT2D eigenvalue weighted by atomic mass is 10.1. The number of nitrogens with zero attached hydrogens (tertiary/aromatic N) is 3. The van der Waals surface area contributed by atoms with E-state index in [1.807, 2.05) is 11.6 Å². The summed E-state index contributed by atoms with van der Waals surface area (Å²) in [7, 11) is 0. The zero-order valence-electron chi connectivity index (χ0n) is 7.85. The molecule has 2 unspecified atom stereocenters. The van der Waals surface area contributed by atoms with Gasteiger partial charge in [0.05, 0.1) is 6.10 Å². The molecule has 2 rings (SSSR count). The molecule has 1 aliphatic carbocycles. The molecule has 1 aliphatic rings. The van der Waals surface area contributed by atoms with Crippen molar-refractivity contribution in [2.75, 3.05) is 0 Å². The van der Waals surface area contributed by atoms with Gasteiger partial charge in [-0.15, -0.1) is 0 Å². The van der Waals surface area contributed by atoms with E-state index in [0.717, 1.165) is 31.6 Å². The first kappa shape index (κ1) is 8.69.